The van der Waals surface area contributed by atoms with Crippen LogP contribution in [0.3, 0.4) is 0 Å². The fraction of sp³-hybridized carbons (Fsp3) is 0.188. The van der Waals surface area contributed by atoms with Crippen LogP contribution in [0.2, 0.25) is 20.1 Å². The van der Waals surface area contributed by atoms with Gasteiger partial charge in [-0.05, 0) is 41.8 Å². The Morgan fingerprint density at radius 1 is 0.880 bits per heavy atom. The number of halogens is 4. The van der Waals surface area contributed by atoms with Gasteiger partial charge in [0, 0.05) is 6.54 Å². The van der Waals surface area contributed by atoms with Gasteiger partial charge in [-0.15, -0.1) is 0 Å². The van der Waals surface area contributed by atoms with E-state index in [0.717, 1.165) is 0 Å². The second kappa shape index (κ2) is 8.34. The Balaban J connectivity index is 2.13. The van der Waals surface area contributed by atoms with Crippen molar-refractivity contribution in [3.05, 3.63) is 55.5 Å². The number of rotatable bonds is 6. The maximum absolute atomic E-state index is 11.5. The van der Waals surface area contributed by atoms with Gasteiger partial charge in [-0.1, -0.05) is 46.4 Å². The van der Waals surface area contributed by atoms with Gasteiger partial charge < -0.3 is 20.6 Å². The Hall–Kier alpha value is -1.37. The third-order valence-electron chi connectivity index (χ3n) is 3.44. The summed E-state index contributed by atoms with van der Waals surface area (Å²) in [5.74, 6) is -1.55. The number of aromatic hydroxyl groups is 2. The van der Waals surface area contributed by atoms with E-state index in [1.807, 2.05) is 0 Å². The summed E-state index contributed by atoms with van der Waals surface area (Å²) in [4.78, 5) is 11.5. The Kier molecular flexibility index (Phi) is 6.65. The molecule has 0 aromatic heterocycles. The summed E-state index contributed by atoms with van der Waals surface area (Å²) in [7, 11) is 0. The second-order valence-electron chi connectivity index (χ2n) is 5.29. The lowest BCUT2D eigenvalue weighted by Crippen LogP contribution is -2.38. The zero-order chi connectivity index (χ0) is 18.7. The van der Waals surface area contributed by atoms with Crippen LogP contribution in [-0.4, -0.2) is 27.3 Å². The van der Waals surface area contributed by atoms with Crippen LogP contribution in [0.15, 0.2) is 24.3 Å². The van der Waals surface area contributed by atoms with Crippen molar-refractivity contribution >= 4 is 52.4 Å². The minimum atomic E-state index is -1.07. The number of carbonyl (C=O) groups is 1. The van der Waals surface area contributed by atoms with E-state index in [1.165, 1.54) is 24.3 Å². The Morgan fingerprint density at radius 2 is 1.28 bits per heavy atom. The number of phenolic OH excluding ortho intramolecular Hbond substituents is 2. The number of nitrogens with one attached hydrogen (secondary N) is 1. The lowest BCUT2D eigenvalue weighted by atomic mass is 10.1. The van der Waals surface area contributed by atoms with Gasteiger partial charge in [0.25, 0.3) is 0 Å². The van der Waals surface area contributed by atoms with E-state index in [2.05, 4.69) is 5.32 Å². The molecular formula is C16H13Cl4NO4. The summed E-state index contributed by atoms with van der Waals surface area (Å²) in [5.41, 5.74) is 1.16. The molecule has 9 heteroatoms. The number of phenols is 2. The number of aliphatic carboxylic acids is 1. The third-order valence-corrected chi connectivity index (χ3v) is 4.60. The lowest BCUT2D eigenvalue weighted by molar-refractivity contribution is -0.139. The fourth-order valence-electron chi connectivity index (χ4n) is 2.18. The largest absolute Gasteiger partial charge is 0.505 e. The van der Waals surface area contributed by atoms with Gasteiger partial charge in [-0.2, -0.15) is 0 Å². The molecule has 5 nitrogen and oxygen atoms in total. The maximum Gasteiger partial charge on any atom is 0.321 e. The minimum Gasteiger partial charge on any atom is -0.505 e. The van der Waals surface area contributed by atoms with Crippen LogP contribution in [0.5, 0.6) is 11.5 Å². The number of hydrogen-bond acceptors (Lipinski definition) is 4. The van der Waals surface area contributed by atoms with E-state index in [9.17, 15) is 20.1 Å². The van der Waals surface area contributed by atoms with Gasteiger partial charge in [-0.3, -0.25) is 4.79 Å². The second-order valence-corrected chi connectivity index (χ2v) is 6.92. The molecule has 1 atom stereocenters. The average molecular weight is 425 g/mol. The van der Waals surface area contributed by atoms with Gasteiger partial charge in [0.05, 0.1) is 20.1 Å². The summed E-state index contributed by atoms with van der Waals surface area (Å²) in [6, 6.07) is 4.94. The quantitative estimate of drug-likeness (QED) is 0.548. The fourth-order valence-corrected chi connectivity index (χ4v) is 3.24. The zero-order valence-electron chi connectivity index (χ0n) is 12.6. The van der Waals surface area contributed by atoms with Crippen LogP contribution in [0.4, 0.5) is 0 Å². The summed E-state index contributed by atoms with van der Waals surface area (Å²) >= 11 is 23.4. The number of hydrogen-bond donors (Lipinski definition) is 4. The van der Waals surface area contributed by atoms with E-state index in [1.54, 1.807) is 0 Å². The standard InChI is InChI=1S/C16H13Cl4NO4/c17-9-1-7(2-10(18)14(9)22)5-13(16(24)25)21-6-8-3-11(19)15(23)12(20)4-8/h1-4,13,21-23H,5-6H2,(H,24,25)/t13-/m0/s1. The smallest absolute Gasteiger partial charge is 0.321 e. The first-order chi connectivity index (χ1) is 11.7. The molecule has 0 unspecified atom stereocenters. The third kappa shape index (κ3) is 5.06. The molecule has 0 aliphatic rings. The van der Waals surface area contributed by atoms with E-state index in [4.69, 9.17) is 46.4 Å². The van der Waals surface area contributed by atoms with E-state index in [0.29, 0.717) is 11.1 Å². The highest BCUT2D eigenvalue weighted by molar-refractivity contribution is 6.37. The first kappa shape index (κ1) is 19.9. The van der Waals surface area contributed by atoms with E-state index >= 15 is 0 Å². The molecule has 0 bridgehead atoms. The highest BCUT2D eigenvalue weighted by Gasteiger charge is 2.19. The average Bonchev–Trinajstić information content (AvgIpc) is 2.53. The van der Waals surface area contributed by atoms with Crippen molar-refractivity contribution in [2.45, 2.75) is 19.0 Å². The van der Waals surface area contributed by atoms with Gasteiger partial charge in [0.2, 0.25) is 0 Å². The molecule has 0 aliphatic carbocycles. The monoisotopic (exact) mass is 423 g/mol. The lowest BCUT2D eigenvalue weighted by Gasteiger charge is -2.16. The van der Waals surface area contributed by atoms with Gasteiger partial charge in [0.1, 0.15) is 6.04 Å². The number of carboxylic acids is 1. The molecule has 0 heterocycles. The van der Waals surface area contributed by atoms with Crippen LogP contribution in [0, 0.1) is 0 Å². The minimum absolute atomic E-state index is 0.0451. The van der Waals surface area contributed by atoms with E-state index in [-0.39, 0.29) is 44.6 Å². The van der Waals surface area contributed by atoms with Crippen molar-refractivity contribution in [3.63, 3.8) is 0 Å². The van der Waals surface area contributed by atoms with Crippen LogP contribution < -0.4 is 5.32 Å². The predicted molar refractivity (Wildman–Crippen MR) is 98.2 cm³/mol. The molecule has 134 valence electrons. The Morgan fingerprint density at radius 3 is 1.68 bits per heavy atom. The van der Waals surface area contributed by atoms with Gasteiger partial charge in [-0.25, -0.2) is 0 Å². The number of carboxylic acid groups (broad SMARTS) is 1. The first-order valence-electron chi connectivity index (χ1n) is 6.99. The van der Waals surface area contributed by atoms with Crippen LogP contribution in [0.1, 0.15) is 11.1 Å². The van der Waals surface area contributed by atoms with Gasteiger partial charge >= 0.3 is 5.97 Å². The highest BCUT2D eigenvalue weighted by atomic mass is 35.5. The summed E-state index contributed by atoms with van der Waals surface area (Å²) < 4.78 is 0. The molecule has 0 spiro atoms. The molecule has 2 rings (SSSR count). The van der Waals surface area contributed by atoms with Crippen molar-refractivity contribution in [1.82, 2.24) is 5.32 Å². The van der Waals surface area contributed by atoms with Crippen LogP contribution in [0.25, 0.3) is 0 Å². The van der Waals surface area contributed by atoms with Crippen LogP contribution >= 0.6 is 46.4 Å². The molecule has 2 aromatic carbocycles. The normalized spacial score (nSPS) is 12.2. The molecule has 0 saturated heterocycles. The molecule has 0 saturated carbocycles. The molecule has 0 aliphatic heterocycles. The number of benzene rings is 2. The zero-order valence-corrected chi connectivity index (χ0v) is 15.6. The summed E-state index contributed by atoms with van der Waals surface area (Å²) in [6.07, 6.45) is 0.0919. The molecule has 0 amide bonds. The van der Waals surface area contributed by atoms with Crippen molar-refractivity contribution < 1.29 is 20.1 Å². The SMILES string of the molecule is O=C(O)[C@H](Cc1cc(Cl)c(O)c(Cl)c1)NCc1cc(Cl)c(O)c(Cl)c1. The molecule has 0 radical (unpaired) electrons. The topological polar surface area (TPSA) is 89.8 Å². The van der Waals surface area contributed by atoms with Gasteiger partial charge in [0.15, 0.2) is 11.5 Å². The molecule has 25 heavy (non-hydrogen) atoms. The predicted octanol–water partition coefficient (Wildman–Crippen LogP) is 4.50. The summed E-state index contributed by atoms with van der Waals surface area (Å²) in [6.45, 7) is 0.163. The Bertz CT molecular complexity index is 767. The van der Waals surface area contributed by atoms with Crippen LogP contribution in [-0.2, 0) is 17.8 Å². The highest BCUT2D eigenvalue weighted by Crippen LogP contribution is 2.34. The first-order valence-corrected chi connectivity index (χ1v) is 8.50. The van der Waals surface area contributed by atoms with Crippen molar-refractivity contribution in [3.8, 4) is 11.5 Å². The Labute approximate surface area is 163 Å². The maximum atomic E-state index is 11.5. The van der Waals surface area contributed by atoms with Crippen molar-refractivity contribution in [2.75, 3.05) is 0 Å². The van der Waals surface area contributed by atoms with Crippen molar-refractivity contribution in [2.24, 2.45) is 0 Å². The molecule has 0 fully saturated rings. The molecule has 2 aromatic rings. The van der Waals surface area contributed by atoms with E-state index < -0.39 is 12.0 Å². The van der Waals surface area contributed by atoms with Crippen molar-refractivity contribution in [1.29, 1.82) is 0 Å². The molecule has 4 N–H and O–H groups in total. The summed E-state index contributed by atoms with van der Waals surface area (Å²) in [5, 5.41) is 31.6. The molecular weight excluding hydrogens is 412 g/mol.